The summed E-state index contributed by atoms with van der Waals surface area (Å²) in [5.74, 6) is -0.100. The van der Waals surface area contributed by atoms with Crippen LogP contribution in [-0.2, 0) is 14.6 Å². The highest BCUT2D eigenvalue weighted by Gasteiger charge is 2.22. The van der Waals surface area contributed by atoms with Crippen LogP contribution in [0.15, 0.2) is 29.2 Å². The van der Waals surface area contributed by atoms with Crippen molar-refractivity contribution in [1.29, 1.82) is 0 Å². The highest BCUT2D eigenvalue weighted by molar-refractivity contribution is 7.90. The Morgan fingerprint density at radius 1 is 1.29 bits per heavy atom. The van der Waals surface area contributed by atoms with Crippen molar-refractivity contribution in [2.24, 2.45) is 5.73 Å². The average molecular weight is 312 g/mol. The maximum Gasteiger partial charge on any atom is 0.239 e. The number of rotatable bonds is 6. The first-order valence-corrected chi connectivity index (χ1v) is 8.90. The van der Waals surface area contributed by atoms with Crippen molar-refractivity contribution in [2.75, 3.05) is 13.3 Å². The second-order valence-electron chi connectivity index (χ2n) is 5.36. The fourth-order valence-electron chi connectivity index (χ4n) is 2.10. The fraction of sp³-hybridized carbons (Fsp3) is 0.533. The molecule has 0 fully saturated rings. The fourth-order valence-corrected chi connectivity index (χ4v) is 2.73. The summed E-state index contributed by atoms with van der Waals surface area (Å²) in [5, 5.41) is 0. The molecule has 2 N–H and O–H groups in total. The van der Waals surface area contributed by atoms with Crippen molar-refractivity contribution in [2.45, 2.75) is 43.7 Å². The lowest BCUT2D eigenvalue weighted by Crippen LogP contribution is -2.42. The zero-order valence-electron chi connectivity index (χ0n) is 13.0. The molecule has 0 aliphatic rings. The van der Waals surface area contributed by atoms with Crippen LogP contribution in [0.1, 0.15) is 38.3 Å². The summed E-state index contributed by atoms with van der Waals surface area (Å²) >= 11 is 0. The van der Waals surface area contributed by atoms with Gasteiger partial charge < -0.3 is 10.6 Å². The predicted octanol–water partition coefficient (Wildman–Crippen LogP) is 1.74. The van der Waals surface area contributed by atoms with Crippen LogP contribution in [0.4, 0.5) is 0 Å². The van der Waals surface area contributed by atoms with Crippen LogP contribution < -0.4 is 5.73 Å². The van der Waals surface area contributed by atoms with Gasteiger partial charge in [-0.2, -0.15) is 0 Å². The third-order valence-corrected chi connectivity index (χ3v) is 4.76. The molecule has 1 amide bonds. The normalized spacial score (nSPS) is 14.5. The Balaban J connectivity index is 2.88. The molecule has 1 rings (SSSR count). The second-order valence-corrected chi connectivity index (χ2v) is 7.38. The highest BCUT2D eigenvalue weighted by atomic mass is 32.2. The maximum absolute atomic E-state index is 12.2. The van der Waals surface area contributed by atoms with Crippen molar-refractivity contribution in [3.8, 4) is 0 Å². The monoisotopic (exact) mass is 312 g/mol. The number of hydrogen-bond acceptors (Lipinski definition) is 4. The Bertz CT molecular complexity index is 581. The minimum Gasteiger partial charge on any atom is -0.338 e. The van der Waals surface area contributed by atoms with E-state index in [-0.39, 0.29) is 16.8 Å². The molecule has 2 unspecified atom stereocenters. The first kappa shape index (κ1) is 17.7. The van der Waals surface area contributed by atoms with Crippen LogP contribution in [0.2, 0.25) is 0 Å². The molecule has 0 spiro atoms. The van der Waals surface area contributed by atoms with Gasteiger partial charge in [0, 0.05) is 13.3 Å². The van der Waals surface area contributed by atoms with Crippen molar-refractivity contribution in [3.63, 3.8) is 0 Å². The molecule has 0 radical (unpaired) electrons. The van der Waals surface area contributed by atoms with Gasteiger partial charge in [-0.3, -0.25) is 4.79 Å². The summed E-state index contributed by atoms with van der Waals surface area (Å²) in [6.07, 6.45) is 2.69. The summed E-state index contributed by atoms with van der Waals surface area (Å²) in [6.45, 7) is 3.88. The van der Waals surface area contributed by atoms with Gasteiger partial charge in [0.25, 0.3) is 0 Å². The van der Waals surface area contributed by atoms with Crippen LogP contribution in [0, 0.1) is 0 Å². The van der Waals surface area contributed by atoms with Gasteiger partial charge in [-0.05, 0) is 31.0 Å². The number of nitrogens with two attached hydrogens (primary N) is 1. The van der Waals surface area contributed by atoms with Gasteiger partial charge >= 0.3 is 0 Å². The number of carbonyl (C=O) groups is 1. The predicted molar refractivity (Wildman–Crippen MR) is 83.6 cm³/mol. The molecule has 0 aromatic heterocycles. The Morgan fingerprint density at radius 2 is 1.81 bits per heavy atom. The smallest absolute Gasteiger partial charge is 0.239 e. The standard InChI is InChI=1S/C15H24N2O3S/c1-5-6-14(16)15(18)17(3)11(2)12-7-9-13(10-8-12)21(4,19)20/h7-11,14H,5-6,16H2,1-4H3. The van der Waals surface area contributed by atoms with E-state index in [9.17, 15) is 13.2 Å². The minimum atomic E-state index is -3.20. The number of sulfone groups is 1. The maximum atomic E-state index is 12.2. The highest BCUT2D eigenvalue weighted by Crippen LogP contribution is 2.21. The van der Waals surface area contributed by atoms with E-state index in [1.54, 1.807) is 36.2 Å². The molecule has 1 aromatic carbocycles. The first-order chi connectivity index (χ1) is 9.68. The van der Waals surface area contributed by atoms with Crippen molar-refractivity contribution in [1.82, 2.24) is 4.90 Å². The molecule has 0 bridgehead atoms. The molecule has 6 heteroatoms. The summed E-state index contributed by atoms with van der Waals surface area (Å²) in [7, 11) is -1.49. The van der Waals surface area contributed by atoms with Gasteiger partial charge in [0.15, 0.2) is 9.84 Å². The second kappa shape index (κ2) is 7.04. The van der Waals surface area contributed by atoms with Gasteiger partial charge in [0.2, 0.25) is 5.91 Å². The van der Waals surface area contributed by atoms with Gasteiger partial charge in [-0.25, -0.2) is 8.42 Å². The number of benzene rings is 1. The average Bonchev–Trinajstić information content (AvgIpc) is 2.44. The summed E-state index contributed by atoms with van der Waals surface area (Å²) in [6, 6.07) is 5.94. The lowest BCUT2D eigenvalue weighted by molar-refractivity contribution is -0.133. The minimum absolute atomic E-state index is 0.100. The van der Waals surface area contributed by atoms with Crippen molar-refractivity contribution >= 4 is 15.7 Å². The van der Waals surface area contributed by atoms with Gasteiger partial charge in [-0.1, -0.05) is 25.5 Å². The Kier molecular flexibility index (Phi) is 5.92. The van der Waals surface area contributed by atoms with Crippen LogP contribution >= 0.6 is 0 Å². The number of amides is 1. The number of carbonyl (C=O) groups excluding carboxylic acids is 1. The zero-order chi connectivity index (χ0) is 16.2. The molecule has 0 saturated heterocycles. The molecule has 0 heterocycles. The summed E-state index contributed by atoms with van der Waals surface area (Å²) in [4.78, 5) is 14.1. The molecule has 21 heavy (non-hydrogen) atoms. The van der Waals surface area contributed by atoms with Crippen LogP contribution in [0.25, 0.3) is 0 Å². The van der Waals surface area contributed by atoms with E-state index < -0.39 is 15.9 Å². The van der Waals surface area contributed by atoms with E-state index in [1.807, 2.05) is 13.8 Å². The van der Waals surface area contributed by atoms with Crippen LogP contribution in [0.5, 0.6) is 0 Å². The van der Waals surface area contributed by atoms with E-state index in [4.69, 9.17) is 5.73 Å². The Hall–Kier alpha value is -1.40. The quantitative estimate of drug-likeness (QED) is 0.867. The first-order valence-electron chi connectivity index (χ1n) is 7.00. The summed E-state index contributed by atoms with van der Waals surface area (Å²) < 4.78 is 22.9. The van der Waals surface area contributed by atoms with Gasteiger partial charge in [-0.15, -0.1) is 0 Å². The molecule has 0 saturated carbocycles. The van der Waals surface area contributed by atoms with Gasteiger partial charge in [0.1, 0.15) is 0 Å². The Labute approximate surface area is 127 Å². The number of hydrogen-bond donors (Lipinski definition) is 1. The number of nitrogens with zero attached hydrogens (tertiary/aromatic N) is 1. The van der Waals surface area contributed by atoms with E-state index >= 15 is 0 Å². The molecule has 118 valence electrons. The van der Waals surface area contributed by atoms with E-state index in [1.165, 1.54) is 6.26 Å². The van der Waals surface area contributed by atoms with E-state index in [2.05, 4.69) is 0 Å². The largest absolute Gasteiger partial charge is 0.338 e. The van der Waals surface area contributed by atoms with E-state index in [0.717, 1.165) is 12.0 Å². The molecule has 2 atom stereocenters. The molecule has 0 aliphatic heterocycles. The summed E-state index contributed by atoms with van der Waals surface area (Å²) in [5.41, 5.74) is 6.73. The SMILES string of the molecule is CCCC(N)C(=O)N(C)C(C)c1ccc(S(C)(=O)=O)cc1. The van der Waals surface area contributed by atoms with Crippen LogP contribution in [0.3, 0.4) is 0 Å². The van der Waals surface area contributed by atoms with Crippen molar-refractivity contribution in [3.05, 3.63) is 29.8 Å². The third-order valence-electron chi connectivity index (χ3n) is 3.64. The zero-order valence-corrected chi connectivity index (χ0v) is 13.9. The molecular weight excluding hydrogens is 288 g/mol. The Morgan fingerprint density at radius 3 is 2.24 bits per heavy atom. The van der Waals surface area contributed by atoms with E-state index in [0.29, 0.717) is 6.42 Å². The lowest BCUT2D eigenvalue weighted by Gasteiger charge is -2.28. The van der Waals surface area contributed by atoms with Gasteiger partial charge in [0.05, 0.1) is 17.0 Å². The molecule has 0 aliphatic carbocycles. The number of likely N-dealkylation sites (N-methyl/N-ethyl adjacent to an activating group) is 1. The van der Waals surface area contributed by atoms with Crippen molar-refractivity contribution < 1.29 is 13.2 Å². The van der Waals surface area contributed by atoms with Crippen LogP contribution in [-0.4, -0.2) is 38.6 Å². The lowest BCUT2D eigenvalue weighted by atomic mass is 10.1. The molecular formula is C15H24N2O3S. The molecule has 5 nitrogen and oxygen atoms in total. The third kappa shape index (κ3) is 4.54. The topological polar surface area (TPSA) is 80.5 Å². The molecule has 1 aromatic rings.